The van der Waals surface area contributed by atoms with Crippen molar-refractivity contribution >= 4 is 17.9 Å². The number of hydrogen-bond acceptors (Lipinski definition) is 6. The number of carbonyl (C=O) groups excluding carboxylic acids is 3. The first-order valence-corrected chi connectivity index (χ1v) is 7.23. The number of piperidine rings is 1. The van der Waals surface area contributed by atoms with Crippen LogP contribution >= 0.6 is 0 Å². The van der Waals surface area contributed by atoms with Crippen LogP contribution in [-0.4, -0.2) is 53.3 Å². The molecule has 1 aliphatic rings. The van der Waals surface area contributed by atoms with E-state index >= 15 is 0 Å². The van der Waals surface area contributed by atoms with Crippen LogP contribution in [0.5, 0.6) is 0 Å². The number of likely N-dealkylation sites (tertiary alicyclic amines) is 1. The number of aryl methyl sites for hydroxylation is 1. The van der Waals surface area contributed by atoms with Gasteiger partial charge in [-0.25, -0.2) is 9.59 Å². The number of hydrogen-bond donors (Lipinski definition) is 2. The third-order valence-electron chi connectivity index (χ3n) is 3.57. The van der Waals surface area contributed by atoms with Gasteiger partial charge in [-0.05, 0) is 19.8 Å². The minimum Gasteiger partial charge on any atom is -0.361 e. The maximum absolute atomic E-state index is 12.2. The predicted molar refractivity (Wildman–Crippen MR) is 74.0 cm³/mol. The predicted octanol–water partition coefficient (Wildman–Crippen LogP) is 0.907. The zero-order valence-corrected chi connectivity index (χ0v) is 13.1. The fourth-order valence-electron chi connectivity index (χ4n) is 2.27. The smallest absolute Gasteiger partial charge is 0.361 e. The molecule has 25 heavy (non-hydrogen) atoms. The van der Waals surface area contributed by atoms with Crippen molar-refractivity contribution in [3.63, 3.8) is 0 Å². The molecular weight excluding hydrogens is 349 g/mol. The number of nitrogens with zero attached hydrogens (tertiary/aromatic N) is 2. The summed E-state index contributed by atoms with van der Waals surface area (Å²) in [7, 11) is 0. The minimum absolute atomic E-state index is 0.249. The molecule has 2 N–H and O–H groups in total. The maximum Gasteiger partial charge on any atom is 0.493 e. The van der Waals surface area contributed by atoms with Crippen LogP contribution in [-0.2, 0) is 9.63 Å². The molecule has 0 bridgehead atoms. The molecule has 9 nitrogen and oxygen atoms in total. The number of amides is 3. The first kappa shape index (κ1) is 18.5. The molecule has 0 unspecified atom stereocenters. The minimum atomic E-state index is -5.20. The quantitative estimate of drug-likeness (QED) is 0.754. The molecule has 0 atom stereocenters. The average molecular weight is 364 g/mol. The molecule has 3 amide bonds. The second kappa shape index (κ2) is 7.40. The molecule has 1 fully saturated rings. The van der Waals surface area contributed by atoms with Gasteiger partial charge in [-0.1, -0.05) is 5.16 Å². The van der Waals surface area contributed by atoms with E-state index in [2.05, 4.69) is 15.3 Å². The van der Waals surface area contributed by atoms with Gasteiger partial charge in [-0.15, -0.1) is 0 Å². The number of urea groups is 1. The fourth-order valence-corrected chi connectivity index (χ4v) is 2.27. The number of aromatic nitrogens is 1. The molecule has 1 aromatic rings. The van der Waals surface area contributed by atoms with E-state index in [0.29, 0.717) is 37.3 Å². The van der Waals surface area contributed by atoms with E-state index in [9.17, 15) is 27.6 Å². The Labute approximate surface area is 139 Å². The van der Waals surface area contributed by atoms with Crippen LogP contribution in [0.4, 0.5) is 18.0 Å². The molecule has 0 radical (unpaired) electrons. The van der Waals surface area contributed by atoms with E-state index in [1.54, 1.807) is 11.8 Å². The molecule has 0 aliphatic carbocycles. The topological polar surface area (TPSA) is 114 Å². The van der Waals surface area contributed by atoms with Crippen molar-refractivity contribution in [1.29, 1.82) is 0 Å². The second-order valence-corrected chi connectivity index (χ2v) is 5.32. The fraction of sp³-hybridized carbons (Fsp3) is 0.538. The lowest BCUT2D eigenvalue weighted by atomic mass is 10.0. The molecule has 2 rings (SSSR count). The molecule has 2 heterocycles. The van der Waals surface area contributed by atoms with Gasteiger partial charge >= 0.3 is 18.2 Å². The van der Waals surface area contributed by atoms with Crippen molar-refractivity contribution in [2.24, 2.45) is 0 Å². The summed E-state index contributed by atoms with van der Waals surface area (Å²) in [5, 5.41) is 5.90. The number of carbonyl (C=O) groups is 3. The summed E-state index contributed by atoms with van der Waals surface area (Å²) in [5.41, 5.74) is 1.73. The van der Waals surface area contributed by atoms with Crippen LogP contribution in [0, 0.1) is 6.92 Å². The Balaban J connectivity index is 1.75. The Bertz CT molecular complexity index is 652. The van der Waals surface area contributed by atoms with Crippen LogP contribution < -0.4 is 10.8 Å². The van der Waals surface area contributed by atoms with Crippen molar-refractivity contribution in [1.82, 2.24) is 20.9 Å². The van der Waals surface area contributed by atoms with Crippen LogP contribution in [0.1, 0.15) is 29.0 Å². The first-order valence-electron chi connectivity index (χ1n) is 7.23. The Hall–Kier alpha value is -2.79. The van der Waals surface area contributed by atoms with Gasteiger partial charge in [0.1, 0.15) is 11.3 Å². The molecule has 0 aromatic carbocycles. The number of hydroxylamine groups is 1. The third kappa shape index (κ3) is 4.84. The van der Waals surface area contributed by atoms with Crippen LogP contribution in [0.25, 0.3) is 0 Å². The van der Waals surface area contributed by atoms with Crippen molar-refractivity contribution in [2.45, 2.75) is 32.0 Å². The largest absolute Gasteiger partial charge is 0.493 e. The summed E-state index contributed by atoms with van der Waals surface area (Å²) in [6, 6.07) is -1.45. The average Bonchev–Trinajstić information content (AvgIpc) is 2.97. The number of rotatable bonds is 2. The summed E-state index contributed by atoms with van der Waals surface area (Å²) in [4.78, 5) is 39.3. The normalized spacial score (nSPS) is 15.6. The molecule has 1 aromatic heterocycles. The van der Waals surface area contributed by atoms with E-state index in [4.69, 9.17) is 4.52 Å². The lowest BCUT2D eigenvalue weighted by Gasteiger charge is -2.32. The van der Waals surface area contributed by atoms with Crippen LogP contribution in [0.2, 0.25) is 0 Å². The van der Waals surface area contributed by atoms with Crippen molar-refractivity contribution < 1.29 is 36.9 Å². The van der Waals surface area contributed by atoms with E-state index < -0.39 is 18.2 Å². The molecular formula is C13H15F3N4O5. The molecule has 0 spiro atoms. The van der Waals surface area contributed by atoms with Gasteiger partial charge in [-0.3, -0.25) is 4.79 Å². The third-order valence-corrected chi connectivity index (χ3v) is 3.57. The van der Waals surface area contributed by atoms with Crippen molar-refractivity contribution in [2.75, 3.05) is 13.1 Å². The van der Waals surface area contributed by atoms with E-state index in [0.717, 1.165) is 0 Å². The zero-order valence-electron chi connectivity index (χ0n) is 13.1. The lowest BCUT2D eigenvalue weighted by molar-refractivity contribution is -0.204. The van der Waals surface area contributed by atoms with Crippen molar-refractivity contribution in [3.05, 3.63) is 17.5 Å². The summed E-state index contributed by atoms with van der Waals surface area (Å²) >= 11 is 0. The van der Waals surface area contributed by atoms with Crippen LogP contribution in [0.15, 0.2) is 10.7 Å². The van der Waals surface area contributed by atoms with Crippen molar-refractivity contribution in [3.8, 4) is 0 Å². The highest BCUT2D eigenvalue weighted by Gasteiger charge is 2.42. The van der Waals surface area contributed by atoms with E-state index in [-0.39, 0.29) is 11.9 Å². The number of alkyl halides is 3. The summed E-state index contributed by atoms with van der Waals surface area (Å²) in [6.07, 6.45) is -3.10. The summed E-state index contributed by atoms with van der Waals surface area (Å²) in [6.45, 7) is 2.27. The molecule has 12 heteroatoms. The monoisotopic (exact) mass is 364 g/mol. The number of halogens is 3. The zero-order chi connectivity index (χ0) is 18.6. The molecule has 0 saturated carbocycles. The van der Waals surface area contributed by atoms with Gasteiger partial charge in [0, 0.05) is 19.1 Å². The Morgan fingerprint density at radius 2 is 1.96 bits per heavy atom. The van der Waals surface area contributed by atoms with E-state index in [1.807, 2.05) is 0 Å². The lowest BCUT2D eigenvalue weighted by Crippen LogP contribution is -2.49. The van der Waals surface area contributed by atoms with Gasteiger partial charge in [0.15, 0.2) is 0 Å². The maximum atomic E-state index is 12.2. The summed E-state index contributed by atoms with van der Waals surface area (Å²) < 4.78 is 40.6. The van der Waals surface area contributed by atoms with Gasteiger partial charge in [-0.2, -0.15) is 18.7 Å². The highest BCUT2D eigenvalue weighted by molar-refractivity contribution is 5.94. The first-order chi connectivity index (χ1) is 11.7. The van der Waals surface area contributed by atoms with Gasteiger partial charge in [0.25, 0.3) is 5.91 Å². The van der Waals surface area contributed by atoms with Gasteiger partial charge in [0.05, 0.1) is 6.20 Å². The van der Waals surface area contributed by atoms with E-state index in [1.165, 1.54) is 11.7 Å². The van der Waals surface area contributed by atoms with Gasteiger partial charge < -0.3 is 19.6 Å². The van der Waals surface area contributed by atoms with Crippen LogP contribution in [0.3, 0.4) is 0 Å². The standard InChI is InChI=1S/C13H15F3N4O5/c1-7-9(6-17-24-7)10(21)20-4-2-8(3-5-20)18-12(23)19-25-11(22)13(14,15)16/h6,8H,2-5H2,1H3,(H2,18,19,23). The number of nitrogens with one attached hydrogen (secondary N) is 2. The summed E-state index contributed by atoms with van der Waals surface area (Å²) in [5.74, 6) is -2.37. The Morgan fingerprint density at radius 3 is 2.48 bits per heavy atom. The highest BCUT2D eigenvalue weighted by Crippen LogP contribution is 2.17. The molecule has 1 saturated heterocycles. The molecule has 138 valence electrons. The van der Waals surface area contributed by atoms with Gasteiger partial charge in [0.2, 0.25) is 0 Å². The highest BCUT2D eigenvalue weighted by atomic mass is 19.4. The Kier molecular flexibility index (Phi) is 5.49. The Morgan fingerprint density at radius 1 is 1.32 bits per heavy atom. The second-order valence-electron chi connectivity index (χ2n) is 5.32. The molecule has 1 aliphatic heterocycles. The SMILES string of the molecule is Cc1oncc1C(=O)N1CCC(NC(=O)NOC(=O)C(F)(F)F)CC1.